The lowest BCUT2D eigenvalue weighted by Gasteiger charge is -2.13. The summed E-state index contributed by atoms with van der Waals surface area (Å²) in [6.07, 6.45) is -0.881. The molecule has 0 saturated heterocycles. The zero-order valence-electron chi connectivity index (χ0n) is 14.3. The van der Waals surface area contributed by atoms with Crippen molar-refractivity contribution in [2.24, 2.45) is 0 Å². The number of aryl methyl sites for hydroxylation is 1. The van der Waals surface area contributed by atoms with Crippen LogP contribution in [-0.4, -0.2) is 15.0 Å². The van der Waals surface area contributed by atoms with Gasteiger partial charge in [0.25, 0.3) is 0 Å². The van der Waals surface area contributed by atoms with Gasteiger partial charge in [0.1, 0.15) is 12.0 Å². The molecule has 4 aromatic rings. The van der Waals surface area contributed by atoms with Crippen molar-refractivity contribution in [2.75, 3.05) is 0 Å². The molecular weight excluding hydrogens is 355 g/mol. The summed E-state index contributed by atoms with van der Waals surface area (Å²) in [6, 6.07) is 11.6. The molecule has 4 nitrogen and oxygen atoms in total. The van der Waals surface area contributed by atoms with Gasteiger partial charge in [0, 0.05) is 11.1 Å². The second kappa shape index (κ2) is 6.50. The molecule has 27 heavy (non-hydrogen) atoms. The summed E-state index contributed by atoms with van der Waals surface area (Å²) in [4.78, 5) is 12.2. The Kier molecular flexibility index (Phi) is 4.14. The van der Waals surface area contributed by atoms with E-state index in [4.69, 9.17) is 4.42 Å². The maximum absolute atomic E-state index is 13.6. The van der Waals surface area contributed by atoms with Crippen LogP contribution in [0.1, 0.15) is 18.2 Å². The van der Waals surface area contributed by atoms with Gasteiger partial charge in [-0.15, -0.1) is 0 Å². The minimum Gasteiger partial charge on any atom is -0.445 e. The molecule has 0 aliphatic heterocycles. The molecule has 0 unspecified atom stereocenters. The van der Waals surface area contributed by atoms with Crippen molar-refractivity contribution in [3.63, 3.8) is 0 Å². The molecule has 4 rings (SSSR count). The SMILES string of the molecule is CCc1ccc(-c2nc3cc(-c4ncco4)ccc3nc2C(F)(F)F)cc1. The van der Waals surface area contributed by atoms with E-state index in [-0.39, 0.29) is 11.2 Å². The normalized spacial score (nSPS) is 11.9. The Balaban J connectivity index is 1.92. The largest absolute Gasteiger partial charge is 0.445 e. The van der Waals surface area contributed by atoms with Crippen molar-refractivity contribution >= 4 is 11.0 Å². The van der Waals surface area contributed by atoms with Crippen LogP contribution in [0.25, 0.3) is 33.7 Å². The van der Waals surface area contributed by atoms with Crippen LogP contribution in [0.5, 0.6) is 0 Å². The van der Waals surface area contributed by atoms with Gasteiger partial charge in [0.05, 0.1) is 17.2 Å². The molecule has 0 spiro atoms. The van der Waals surface area contributed by atoms with Crippen LogP contribution in [0.3, 0.4) is 0 Å². The first kappa shape index (κ1) is 17.2. The monoisotopic (exact) mass is 369 g/mol. The van der Waals surface area contributed by atoms with Crippen molar-refractivity contribution in [3.8, 4) is 22.7 Å². The maximum atomic E-state index is 13.6. The molecule has 0 aliphatic carbocycles. The summed E-state index contributed by atoms with van der Waals surface area (Å²) >= 11 is 0. The Morgan fingerprint density at radius 1 is 0.926 bits per heavy atom. The smallest absolute Gasteiger partial charge is 0.435 e. The van der Waals surface area contributed by atoms with Gasteiger partial charge < -0.3 is 4.42 Å². The lowest BCUT2D eigenvalue weighted by Crippen LogP contribution is -2.12. The van der Waals surface area contributed by atoms with Crippen LogP contribution in [0, 0.1) is 0 Å². The zero-order chi connectivity index (χ0) is 19.0. The fraction of sp³-hybridized carbons (Fsp3) is 0.150. The van der Waals surface area contributed by atoms with Gasteiger partial charge in [-0.05, 0) is 30.2 Å². The number of nitrogens with zero attached hydrogens (tertiary/aromatic N) is 3. The average Bonchev–Trinajstić information content (AvgIpc) is 3.21. The Labute approximate surface area is 152 Å². The molecule has 0 radical (unpaired) electrons. The molecule has 2 aromatic heterocycles. The highest BCUT2D eigenvalue weighted by atomic mass is 19.4. The zero-order valence-corrected chi connectivity index (χ0v) is 14.3. The third kappa shape index (κ3) is 3.28. The van der Waals surface area contributed by atoms with Crippen molar-refractivity contribution in [2.45, 2.75) is 19.5 Å². The predicted octanol–water partition coefficient (Wildman–Crippen LogP) is 5.53. The lowest BCUT2D eigenvalue weighted by atomic mass is 10.0. The highest BCUT2D eigenvalue weighted by molar-refractivity contribution is 5.82. The number of hydrogen-bond donors (Lipinski definition) is 0. The molecule has 0 amide bonds. The van der Waals surface area contributed by atoms with E-state index in [9.17, 15) is 13.2 Å². The van der Waals surface area contributed by atoms with Crippen LogP contribution in [0.2, 0.25) is 0 Å². The Morgan fingerprint density at radius 3 is 2.30 bits per heavy atom. The fourth-order valence-corrected chi connectivity index (χ4v) is 2.85. The molecule has 0 atom stereocenters. The van der Waals surface area contributed by atoms with Crippen molar-refractivity contribution in [1.29, 1.82) is 0 Å². The first-order valence-corrected chi connectivity index (χ1v) is 8.34. The second-order valence-electron chi connectivity index (χ2n) is 6.01. The summed E-state index contributed by atoms with van der Waals surface area (Å²) in [5.74, 6) is 0.368. The van der Waals surface area contributed by atoms with Gasteiger partial charge in [-0.2, -0.15) is 13.2 Å². The predicted molar refractivity (Wildman–Crippen MR) is 94.9 cm³/mol. The Hall–Kier alpha value is -3.22. The summed E-state index contributed by atoms with van der Waals surface area (Å²) < 4.78 is 46.0. The first-order chi connectivity index (χ1) is 13.0. The van der Waals surface area contributed by atoms with Gasteiger partial charge in [-0.3, -0.25) is 0 Å². The van der Waals surface area contributed by atoms with Gasteiger partial charge in [0.2, 0.25) is 5.89 Å². The number of benzene rings is 2. The molecule has 2 aromatic carbocycles. The standard InChI is InChI=1S/C20H14F3N3O/c1-2-12-3-5-13(6-4-12)17-18(20(21,22)23)26-15-8-7-14(11-16(15)25-17)19-24-9-10-27-19/h3-11H,2H2,1H3. The molecule has 0 fully saturated rings. The van der Waals surface area contributed by atoms with E-state index >= 15 is 0 Å². The van der Waals surface area contributed by atoms with E-state index < -0.39 is 11.9 Å². The second-order valence-corrected chi connectivity index (χ2v) is 6.01. The van der Waals surface area contributed by atoms with Crippen LogP contribution in [0.15, 0.2) is 59.3 Å². The van der Waals surface area contributed by atoms with Crippen molar-refractivity contribution < 1.29 is 17.6 Å². The van der Waals surface area contributed by atoms with Gasteiger partial charge >= 0.3 is 6.18 Å². The fourth-order valence-electron chi connectivity index (χ4n) is 2.85. The molecule has 0 N–H and O–H groups in total. The third-order valence-corrected chi connectivity index (χ3v) is 4.25. The summed E-state index contributed by atoms with van der Waals surface area (Å²) in [7, 11) is 0. The molecule has 2 heterocycles. The van der Waals surface area contributed by atoms with E-state index in [2.05, 4.69) is 15.0 Å². The van der Waals surface area contributed by atoms with Crippen LogP contribution < -0.4 is 0 Å². The minimum atomic E-state index is -4.61. The number of rotatable bonds is 3. The van der Waals surface area contributed by atoms with Crippen LogP contribution >= 0.6 is 0 Å². The molecule has 0 aliphatic rings. The van der Waals surface area contributed by atoms with Crippen molar-refractivity contribution in [1.82, 2.24) is 15.0 Å². The number of halogens is 3. The van der Waals surface area contributed by atoms with E-state index in [1.165, 1.54) is 18.5 Å². The topological polar surface area (TPSA) is 51.8 Å². The van der Waals surface area contributed by atoms with Crippen LogP contribution in [-0.2, 0) is 12.6 Å². The summed E-state index contributed by atoms with van der Waals surface area (Å²) in [6.45, 7) is 1.98. The summed E-state index contributed by atoms with van der Waals surface area (Å²) in [5.41, 5.74) is 1.33. The molecule has 0 saturated carbocycles. The average molecular weight is 369 g/mol. The lowest BCUT2D eigenvalue weighted by molar-refractivity contribution is -0.140. The highest BCUT2D eigenvalue weighted by Gasteiger charge is 2.37. The van der Waals surface area contributed by atoms with Crippen LogP contribution in [0.4, 0.5) is 13.2 Å². The molecule has 7 heteroatoms. The van der Waals surface area contributed by atoms with E-state index in [1.807, 2.05) is 6.92 Å². The summed E-state index contributed by atoms with van der Waals surface area (Å²) in [5, 5.41) is 0. The highest BCUT2D eigenvalue weighted by Crippen LogP contribution is 2.36. The Bertz CT molecular complexity index is 1090. The molecule has 0 bridgehead atoms. The van der Waals surface area contributed by atoms with Gasteiger partial charge in [-0.1, -0.05) is 31.2 Å². The number of alkyl halides is 3. The molecular formula is C20H14F3N3O. The quantitative estimate of drug-likeness (QED) is 0.476. The van der Waals surface area contributed by atoms with Gasteiger partial charge in [-0.25, -0.2) is 15.0 Å². The maximum Gasteiger partial charge on any atom is 0.435 e. The van der Waals surface area contributed by atoms with Crippen molar-refractivity contribution in [3.05, 3.63) is 66.2 Å². The van der Waals surface area contributed by atoms with Gasteiger partial charge in [0.15, 0.2) is 5.69 Å². The van der Waals surface area contributed by atoms with E-state index in [0.717, 1.165) is 12.0 Å². The van der Waals surface area contributed by atoms with E-state index in [0.29, 0.717) is 22.5 Å². The first-order valence-electron chi connectivity index (χ1n) is 8.34. The number of fused-ring (bicyclic) bond motifs is 1. The van der Waals surface area contributed by atoms with E-state index in [1.54, 1.807) is 36.4 Å². The Morgan fingerprint density at radius 2 is 1.67 bits per heavy atom. The molecule has 136 valence electrons. The number of hydrogen-bond acceptors (Lipinski definition) is 4. The third-order valence-electron chi connectivity index (χ3n) is 4.25. The minimum absolute atomic E-state index is 0.159. The number of aromatic nitrogens is 3. The number of oxazole rings is 1.